The zero-order chi connectivity index (χ0) is 25.9. The molecule has 0 spiro atoms. The van der Waals surface area contributed by atoms with Crippen molar-refractivity contribution in [3.05, 3.63) is 127 Å². The van der Waals surface area contributed by atoms with Crippen molar-refractivity contribution in [2.45, 2.75) is 0 Å². The summed E-state index contributed by atoms with van der Waals surface area (Å²) in [5.41, 5.74) is 9.11. The summed E-state index contributed by atoms with van der Waals surface area (Å²) < 4.78 is 5.20. The molecule has 2 heteroatoms. The first-order valence-electron chi connectivity index (χ1n) is 13.8. The minimum Gasteiger partial charge on any atom is -0.309 e. The molecule has 0 atom stereocenters. The topological polar surface area (TPSA) is 4.93 Å². The maximum Gasteiger partial charge on any atom is 0.0619 e. The molecule has 7 aromatic carbocycles. The van der Waals surface area contributed by atoms with Crippen LogP contribution in [0.4, 0.5) is 0 Å². The van der Waals surface area contributed by atoms with Crippen LogP contribution < -0.4 is 0 Å². The van der Waals surface area contributed by atoms with Gasteiger partial charge < -0.3 is 4.57 Å². The molecular weight excluding hydrogens is 502 g/mol. The Morgan fingerprint density at radius 1 is 0.425 bits per heavy atom. The highest BCUT2D eigenvalue weighted by atomic mass is 32.1. The lowest BCUT2D eigenvalue weighted by Crippen LogP contribution is -1.94. The molecular formula is C38H21NS. The minimum atomic E-state index is 1.21. The van der Waals surface area contributed by atoms with Crippen molar-refractivity contribution in [3.8, 4) is 27.9 Å². The van der Waals surface area contributed by atoms with Crippen LogP contribution in [0.2, 0.25) is 0 Å². The predicted molar refractivity (Wildman–Crippen MR) is 173 cm³/mol. The standard InChI is InChI=1S/C38H21NS/c1-2-9-24-22(8-1)16-18-30-37-29-14-7-13-28-25-10-3-4-11-26(25)32(36(28)29)21-33(37)39(38(24)30)23-17-19-35-31(20-23)27-12-5-6-15-34(27)40-35/h1-21H. The lowest BCUT2D eigenvalue weighted by atomic mass is 9.97. The van der Waals surface area contributed by atoms with Crippen LogP contribution in [0.15, 0.2) is 127 Å². The van der Waals surface area contributed by atoms with E-state index >= 15 is 0 Å². The van der Waals surface area contributed by atoms with Crippen LogP contribution in [-0.2, 0) is 0 Å². The summed E-state index contributed by atoms with van der Waals surface area (Å²) in [5.74, 6) is 0. The van der Waals surface area contributed by atoms with Gasteiger partial charge in [-0.05, 0) is 68.7 Å². The number of benzene rings is 7. The number of rotatable bonds is 1. The van der Waals surface area contributed by atoms with Crippen molar-refractivity contribution in [1.29, 1.82) is 0 Å². The molecule has 0 aliphatic heterocycles. The molecule has 0 N–H and O–H groups in total. The first-order chi connectivity index (χ1) is 19.8. The van der Waals surface area contributed by atoms with E-state index in [0.29, 0.717) is 0 Å². The van der Waals surface area contributed by atoms with Crippen molar-refractivity contribution >= 4 is 74.9 Å². The quantitative estimate of drug-likeness (QED) is 0.202. The molecule has 184 valence electrons. The maximum absolute atomic E-state index is 2.53. The summed E-state index contributed by atoms with van der Waals surface area (Å²) in [6.45, 7) is 0. The maximum atomic E-state index is 2.53. The van der Waals surface area contributed by atoms with E-state index in [0.717, 1.165) is 0 Å². The molecule has 0 saturated heterocycles. The molecule has 1 nitrogen and oxygen atoms in total. The Kier molecular flexibility index (Phi) is 3.87. The van der Waals surface area contributed by atoms with Crippen LogP contribution in [0.3, 0.4) is 0 Å². The average Bonchev–Trinajstić information content (AvgIpc) is 3.66. The number of hydrogen-bond donors (Lipinski definition) is 0. The van der Waals surface area contributed by atoms with E-state index in [2.05, 4.69) is 132 Å². The van der Waals surface area contributed by atoms with Crippen LogP contribution in [0.1, 0.15) is 0 Å². The fourth-order valence-corrected chi connectivity index (χ4v) is 8.34. The first kappa shape index (κ1) is 21.0. The largest absolute Gasteiger partial charge is 0.309 e. The summed E-state index contributed by atoms with van der Waals surface area (Å²) >= 11 is 1.88. The second-order valence-corrected chi connectivity index (χ2v) is 12.0. The fourth-order valence-electron chi connectivity index (χ4n) is 7.26. The third-order valence-corrected chi connectivity index (χ3v) is 10.1. The highest BCUT2D eigenvalue weighted by molar-refractivity contribution is 7.25. The molecule has 2 heterocycles. The van der Waals surface area contributed by atoms with Crippen molar-refractivity contribution in [2.24, 2.45) is 0 Å². The number of hydrogen-bond acceptors (Lipinski definition) is 1. The average molecular weight is 524 g/mol. The molecule has 9 aromatic rings. The van der Waals surface area contributed by atoms with Gasteiger partial charge in [0.05, 0.1) is 11.0 Å². The van der Waals surface area contributed by atoms with Gasteiger partial charge in [0.15, 0.2) is 0 Å². The van der Waals surface area contributed by atoms with Crippen molar-refractivity contribution in [1.82, 2.24) is 4.57 Å². The zero-order valence-electron chi connectivity index (χ0n) is 21.5. The van der Waals surface area contributed by atoms with Gasteiger partial charge in [-0.15, -0.1) is 11.3 Å². The molecule has 0 fully saturated rings. The first-order valence-corrected chi connectivity index (χ1v) is 14.6. The van der Waals surface area contributed by atoms with Crippen molar-refractivity contribution < 1.29 is 0 Å². The van der Waals surface area contributed by atoms with Gasteiger partial charge in [0, 0.05) is 42.0 Å². The molecule has 0 saturated carbocycles. The normalized spacial score (nSPS) is 12.5. The van der Waals surface area contributed by atoms with E-state index < -0.39 is 0 Å². The SMILES string of the molecule is c1ccc2c(c1)-c1cccc3c1c-2cc1c3c2ccc3ccccc3c2n1-c1ccc2sc3ccccc3c2c1. The molecule has 1 aliphatic rings. The van der Waals surface area contributed by atoms with Crippen LogP contribution >= 0.6 is 11.3 Å². The van der Waals surface area contributed by atoms with E-state index in [9.17, 15) is 0 Å². The highest BCUT2D eigenvalue weighted by Gasteiger charge is 2.26. The van der Waals surface area contributed by atoms with Crippen LogP contribution in [0, 0.1) is 0 Å². The Bertz CT molecular complexity index is 2540. The summed E-state index contributed by atoms with van der Waals surface area (Å²) in [5, 5.41) is 10.6. The molecule has 0 bridgehead atoms. The Morgan fingerprint density at radius 3 is 2.08 bits per heavy atom. The third kappa shape index (κ3) is 2.53. The molecule has 10 rings (SSSR count). The van der Waals surface area contributed by atoms with Crippen molar-refractivity contribution in [3.63, 3.8) is 0 Å². The number of fused-ring (bicyclic) bond motifs is 12. The van der Waals surface area contributed by atoms with Gasteiger partial charge in [-0.1, -0.05) is 97.1 Å². The monoisotopic (exact) mass is 523 g/mol. The van der Waals surface area contributed by atoms with E-state index in [1.165, 1.54) is 91.5 Å². The van der Waals surface area contributed by atoms with Gasteiger partial charge >= 0.3 is 0 Å². The number of nitrogens with zero attached hydrogens (tertiary/aromatic N) is 1. The smallest absolute Gasteiger partial charge is 0.0619 e. The van der Waals surface area contributed by atoms with Gasteiger partial charge in [-0.25, -0.2) is 0 Å². The summed E-state index contributed by atoms with van der Waals surface area (Å²) in [6, 6.07) is 47.4. The van der Waals surface area contributed by atoms with E-state index in [-0.39, 0.29) is 0 Å². The molecule has 0 radical (unpaired) electrons. The zero-order valence-corrected chi connectivity index (χ0v) is 22.3. The molecule has 2 aromatic heterocycles. The highest BCUT2D eigenvalue weighted by Crippen LogP contribution is 2.51. The van der Waals surface area contributed by atoms with Gasteiger partial charge in [-0.2, -0.15) is 0 Å². The summed E-state index contributed by atoms with van der Waals surface area (Å²) in [4.78, 5) is 0. The van der Waals surface area contributed by atoms with E-state index in [4.69, 9.17) is 0 Å². The second kappa shape index (κ2) is 7.38. The molecule has 0 unspecified atom stereocenters. The van der Waals surface area contributed by atoms with Crippen LogP contribution in [0.25, 0.3) is 91.5 Å². The minimum absolute atomic E-state index is 1.21. The van der Waals surface area contributed by atoms with Gasteiger partial charge in [-0.3, -0.25) is 0 Å². The molecule has 40 heavy (non-hydrogen) atoms. The van der Waals surface area contributed by atoms with E-state index in [1.54, 1.807) is 0 Å². The van der Waals surface area contributed by atoms with Crippen LogP contribution in [0.5, 0.6) is 0 Å². The number of thiophene rings is 1. The Hall–Kier alpha value is -4.92. The van der Waals surface area contributed by atoms with Crippen molar-refractivity contribution in [2.75, 3.05) is 0 Å². The van der Waals surface area contributed by atoms with E-state index in [1.807, 2.05) is 11.3 Å². The van der Waals surface area contributed by atoms with Gasteiger partial charge in [0.25, 0.3) is 0 Å². The summed E-state index contributed by atoms with van der Waals surface area (Å²) in [6.07, 6.45) is 0. The Labute approximate surface area is 234 Å². The van der Waals surface area contributed by atoms with Gasteiger partial charge in [0.1, 0.15) is 0 Å². The summed E-state index contributed by atoms with van der Waals surface area (Å²) in [7, 11) is 0. The lowest BCUT2D eigenvalue weighted by molar-refractivity contribution is 1.19. The van der Waals surface area contributed by atoms with Crippen LogP contribution in [-0.4, -0.2) is 4.57 Å². The lowest BCUT2D eigenvalue weighted by Gasteiger charge is -2.11. The second-order valence-electron chi connectivity index (χ2n) is 10.9. The molecule has 0 amide bonds. The predicted octanol–water partition coefficient (Wildman–Crippen LogP) is 11.1. The Balaban J connectivity index is 1.44. The third-order valence-electron chi connectivity index (χ3n) is 8.90. The van der Waals surface area contributed by atoms with Gasteiger partial charge in [0.2, 0.25) is 0 Å². The fraction of sp³-hybridized carbons (Fsp3) is 0. The number of aromatic nitrogens is 1. The Morgan fingerprint density at radius 2 is 1.15 bits per heavy atom. The molecule has 1 aliphatic carbocycles.